The second-order valence-corrected chi connectivity index (χ2v) is 6.95. The number of unbranched alkanes of at least 4 members (excludes halogenated alkanes) is 1. The van der Waals surface area contributed by atoms with Gasteiger partial charge in [-0.05, 0) is 63.2 Å². The number of aliphatic hydroxyl groups excluding tert-OH is 1. The van der Waals surface area contributed by atoms with Crippen molar-refractivity contribution in [3.8, 4) is 0 Å². The van der Waals surface area contributed by atoms with Crippen LogP contribution < -0.4 is 0 Å². The summed E-state index contributed by atoms with van der Waals surface area (Å²) in [6.07, 6.45) is 6.15. The number of fused-ring (bicyclic) bond motifs is 1. The van der Waals surface area contributed by atoms with Gasteiger partial charge in [-0.15, -0.1) is 0 Å². The van der Waals surface area contributed by atoms with Gasteiger partial charge in [-0.25, -0.2) is 0 Å². The summed E-state index contributed by atoms with van der Waals surface area (Å²) in [5.41, 5.74) is 1.45. The van der Waals surface area contributed by atoms with Crippen molar-refractivity contribution in [3.63, 3.8) is 0 Å². The molecule has 2 heterocycles. The Bertz CT molecular complexity index is 436. The van der Waals surface area contributed by atoms with Crippen LogP contribution in [0, 0.1) is 5.92 Å². The van der Waals surface area contributed by atoms with Crippen LogP contribution in [0.3, 0.4) is 0 Å². The van der Waals surface area contributed by atoms with E-state index in [0.717, 1.165) is 31.3 Å². The molecule has 0 aliphatic carbocycles. The van der Waals surface area contributed by atoms with E-state index in [1.807, 2.05) is 0 Å². The SMILES string of the molecule is OCCCCN1CCC2C(CCCN2Cc2ccccc2)C1. The van der Waals surface area contributed by atoms with E-state index in [9.17, 15) is 0 Å². The predicted molar refractivity (Wildman–Crippen MR) is 90.7 cm³/mol. The lowest BCUT2D eigenvalue weighted by molar-refractivity contribution is 0.0175. The fourth-order valence-electron chi connectivity index (χ4n) is 4.25. The number of hydrogen-bond acceptors (Lipinski definition) is 3. The average Bonchev–Trinajstić information content (AvgIpc) is 2.56. The second kappa shape index (κ2) is 8.09. The highest BCUT2D eigenvalue weighted by Gasteiger charge is 2.35. The number of rotatable bonds is 6. The second-order valence-electron chi connectivity index (χ2n) is 6.95. The maximum Gasteiger partial charge on any atom is 0.0431 e. The van der Waals surface area contributed by atoms with Crippen LogP contribution in [-0.2, 0) is 6.54 Å². The summed E-state index contributed by atoms with van der Waals surface area (Å²) in [5, 5.41) is 8.93. The minimum atomic E-state index is 0.338. The van der Waals surface area contributed by atoms with Crippen LogP contribution in [0.5, 0.6) is 0 Å². The molecule has 2 fully saturated rings. The first kappa shape index (κ1) is 16.0. The molecule has 2 aliphatic heterocycles. The van der Waals surface area contributed by atoms with Crippen LogP contribution in [0.15, 0.2) is 30.3 Å². The zero-order valence-electron chi connectivity index (χ0n) is 13.7. The van der Waals surface area contributed by atoms with Crippen LogP contribution >= 0.6 is 0 Å². The summed E-state index contributed by atoms with van der Waals surface area (Å²) >= 11 is 0. The van der Waals surface area contributed by atoms with Crippen molar-refractivity contribution in [1.29, 1.82) is 0 Å². The highest BCUT2D eigenvalue weighted by atomic mass is 16.2. The number of benzene rings is 1. The van der Waals surface area contributed by atoms with E-state index < -0.39 is 0 Å². The molecule has 0 aromatic heterocycles. The van der Waals surface area contributed by atoms with Crippen molar-refractivity contribution in [3.05, 3.63) is 35.9 Å². The molecule has 0 bridgehead atoms. The zero-order chi connectivity index (χ0) is 15.2. The lowest BCUT2D eigenvalue weighted by atomic mass is 9.83. The number of hydrogen-bond donors (Lipinski definition) is 1. The maximum atomic E-state index is 8.93. The molecule has 2 unspecified atom stereocenters. The van der Waals surface area contributed by atoms with Gasteiger partial charge in [0.2, 0.25) is 0 Å². The van der Waals surface area contributed by atoms with Crippen molar-refractivity contribution < 1.29 is 5.11 Å². The van der Waals surface area contributed by atoms with Gasteiger partial charge in [0.1, 0.15) is 0 Å². The Morgan fingerprint density at radius 2 is 1.91 bits per heavy atom. The molecule has 3 nitrogen and oxygen atoms in total. The lowest BCUT2D eigenvalue weighted by Crippen LogP contribution is -2.53. The molecule has 1 N–H and O–H groups in total. The Morgan fingerprint density at radius 1 is 1.05 bits per heavy atom. The van der Waals surface area contributed by atoms with Crippen LogP contribution in [0.4, 0.5) is 0 Å². The minimum absolute atomic E-state index is 0.338. The quantitative estimate of drug-likeness (QED) is 0.819. The molecule has 3 rings (SSSR count). The minimum Gasteiger partial charge on any atom is -0.396 e. The Balaban J connectivity index is 1.54. The molecule has 22 heavy (non-hydrogen) atoms. The summed E-state index contributed by atoms with van der Waals surface area (Å²) in [5.74, 6) is 0.848. The van der Waals surface area contributed by atoms with Gasteiger partial charge in [-0.3, -0.25) is 4.90 Å². The predicted octanol–water partition coefficient (Wildman–Crippen LogP) is 2.75. The molecular formula is C19H30N2O. The standard InChI is InChI=1S/C19H30N2O/c22-14-5-4-11-20-13-10-19-18(16-20)9-6-12-21(19)15-17-7-2-1-3-8-17/h1-3,7-8,18-19,22H,4-6,9-16H2. The molecule has 1 aromatic carbocycles. The highest BCUT2D eigenvalue weighted by Crippen LogP contribution is 2.31. The molecular weight excluding hydrogens is 272 g/mol. The van der Waals surface area contributed by atoms with E-state index in [4.69, 9.17) is 5.11 Å². The Hall–Kier alpha value is -0.900. The average molecular weight is 302 g/mol. The van der Waals surface area contributed by atoms with Crippen molar-refractivity contribution in [2.45, 2.75) is 44.7 Å². The van der Waals surface area contributed by atoms with Crippen LogP contribution in [0.2, 0.25) is 0 Å². The van der Waals surface area contributed by atoms with Crippen molar-refractivity contribution in [2.24, 2.45) is 5.92 Å². The first-order valence-electron chi connectivity index (χ1n) is 8.98. The van der Waals surface area contributed by atoms with E-state index in [1.165, 1.54) is 51.0 Å². The lowest BCUT2D eigenvalue weighted by Gasteiger charge is -2.47. The molecule has 2 atom stereocenters. The van der Waals surface area contributed by atoms with E-state index in [1.54, 1.807) is 0 Å². The van der Waals surface area contributed by atoms with Crippen molar-refractivity contribution in [2.75, 3.05) is 32.8 Å². The largest absolute Gasteiger partial charge is 0.396 e. The van der Waals surface area contributed by atoms with E-state index in [0.29, 0.717) is 6.61 Å². The van der Waals surface area contributed by atoms with Gasteiger partial charge >= 0.3 is 0 Å². The van der Waals surface area contributed by atoms with E-state index in [2.05, 4.69) is 40.1 Å². The van der Waals surface area contributed by atoms with Gasteiger partial charge < -0.3 is 10.0 Å². The zero-order valence-corrected chi connectivity index (χ0v) is 13.7. The van der Waals surface area contributed by atoms with Gasteiger partial charge in [0.15, 0.2) is 0 Å². The summed E-state index contributed by atoms with van der Waals surface area (Å²) in [4.78, 5) is 5.36. The van der Waals surface area contributed by atoms with Crippen LogP contribution in [0.25, 0.3) is 0 Å². The van der Waals surface area contributed by atoms with Crippen molar-refractivity contribution in [1.82, 2.24) is 9.80 Å². The van der Waals surface area contributed by atoms with E-state index in [-0.39, 0.29) is 0 Å². The van der Waals surface area contributed by atoms with Crippen LogP contribution in [0.1, 0.15) is 37.7 Å². The fraction of sp³-hybridized carbons (Fsp3) is 0.684. The van der Waals surface area contributed by atoms with Gasteiger partial charge in [-0.1, -0.05) is 30.3 Å². The fourth-order valence-corrected chi connectivity index (χ4v) is 4.25. The third-order valence-corrected chi connectivity index (χ3v) is 5.38. The monoisotopic (exact) mass is 302 g/mol. The summed E-state index contributed by atoms with van der Waals surface area (Å²) < 4.78 is 0. The van der Waals surface area contributed by atoms with Crippen molar-refractivity contribution >= 4 is 0 Å². The number of aliphatic hydroxyl groups is 1. The normalized spacial score (nSPS) is 26.8. The number of nitrogens with zero attached hydrogens (tertiary/aromatic N) is 2. The number of likely N-dealkylation sites (tertiary alicyclic amines) is 2. The molecule has 0 spiro atoms. The Kier molecular flexibility index (Phi) is 5.88. The summed E-state index contributed by atoms with van der Waals surface area (Å²) in [6, 6.07) is 11.7. The first-order valence-corrected chi connectivity index (χ1v) is 8.98. The van der Waals surface area contributed by atoms with Crippen LogP contribution in [-0.4, -0.2) is 53.7 Å². The molecule has 0 radical (unpaired) electrons. The summed E-state index contributed by atoms with van der Waals surface area (Å²) in [7, 11) is 0. The van der Waals surface area contributed by atoms with Gasteiger partial charge in [0.25, 0.3) is 0 Å². The molecule has 0 saturated carbocycles. The van der Waals surface area contributed by atoms with Gasteiger partial charge in [0, 0.05) is 25.7 Å². The molecule has 2 saturated heterocycles. The van der Waals surface area contributed by atoms with E-state index >= 15 is 0 Å². The first-order chi connectivity index (χ1) is 10.9. The number of piperidine rings is 2. The summed E-state index contributed by atoms with van der Waals surface area (Å²) in [6.45, 7) is 6.39. The third kappa shape index (κ3) is 4.09. The maximum absolute atomic E-state index is 8.93. The smallest absolute Gasteiger partial charge is 0.0431 e. The molecule has 1 aromatic rings. The topological polar surface area (TPSA) is 26.7 Å². The molecule has 2 aliphatic rings. The highest BCUT2D eigenvalue weighted by molar-refractivity contribution is 5.15. The molecule has 0 amide bonds. The molecule has 122 valence electrons. The van der Waals surface area contributed by atoms with Gasteiger partial charge in [0.05, 0.1) is 0 Å². The molecule has 3 heteroatoms. The van der Waals surface area contributed by atoms with Gasteiger partial charge in [-0.2, -0.15) is 0 Å². The third-order valence-electron chi connectivity index (χ3n) is 5.38. The Morgan fingerprint density at radius 3 is 2.73 bits per heavy atom. The Labute approximate surface area is 134 Å².